The second-order valence-corrected chi connectivity index (χ2v) is 10.3. The van der Waals surface area contributed by atoms with E-state index in [9.17, 15) is 18.0 Å². The summed E-state index contributed by atoms with van der Waals surface area (Å²) in [6.07, 6.45) is 2.38. The first-order valence-corrected chi connectivity index (χ1v) is 12.5. The fourth-order valence-corrected chi connectivity index (χ4v) is 4.48. The number of aromatic amines is 1. The normalized spacial score (nSPS) is 11.6. The summed E-state index contributed by atoms with van der Waals surface area (Å²) in [5.41, 5.74) is 1.68. The number of pyridine rings is 1. The van der Waals surface area contributed by atoms with Crippen LogP contribution in [0, 0.1) is 0 Å². The van der Waals surface area contributed by atoms with Crippen LogP contribution in [0.2, 0.25) is 5.02 Å². The molecule has 0 aliphatic carbocycles. The number of carbonyl (C=O) groups is 1. The number of nitrogens with one attached hydrogen (secondary N) is 2. The molecule has 0 aliphatic heterocycles. The van der Waals surface area contributed by atoms with E-state index in [0.29, 0.717) is 21.5 Å². The lowest BCUT2D eigenvalue weighted by molar-refractivity contribution is 0.0974. The number of carbonyl (C=O) groups excluding carboxylic acids is 1. The minimum absolute atomic E-state index is 0.0484. The number of halogens is 2. The molecular weight excluding hydrogens is 518 g/mol. The molecule has 2 aromatic carbocycles. The van der Waals surface area contributed by atoms with E-state index in [1.165, 1.54) is 6.20 Å². The molecule has 2 heterocycles. The van der Waals surface area contributed by atoms with E-state index in [2.05, 4.69) is 20.9 Å². The van der Waals surface area contributed by atoms with Crippen LogP contribution in [0.3, 0.4) is 0 Å². The largest absolute Gasteiger partial charge is 0.331 e. The van der Waals surface area contributed by atoms with Crippen LogP contribution in [0.5, 0.6) is 0 Å². The first-order valence-electron chi connectivity index (χ1n) is 9.40. The fraction of sp³-hybridized carbons (Fsp3) is 0.0909. The molecule has 10 heteroatoms. The Labute approximate surface area is 197 Å². The van der Waals surface area contributed by atoms with Crippen molar-refractivity contribution in [2.75, 3.05) is 6.26 Å². The van der Waals surface area contributed by atoms with Crippen LogP contribution in [0.25, 0.3) is 22.0 Å². The first-order chi connectivity index (χ1) is 15.1. The van der Waals surface area contributed by atoms with Crippen molar-refractivity contribution in [2.24, 2.45) is 0 Å². The number of benzene rings is 2. The highest BCUT2D eigenvalue weighted by atomic mass is 79.9. The highest BCUT2D eigenvalue weighted by molar-refractivity contribution is 9.10. The molecule has 4 rings (SSSR count). The molecule has 0 saturated carbocycles. The number of sulfonamides is 1. The molecule has 164 valence electrons. The predicted molar refractivity (Wildman–Crippen MR) is 129 cm³/mol. The van der Waals surface area contributed by atoms with Gasteiger partial charge in [-0.1, -0.05) is 39.7 Å². The monoisotopic (exact) mass is 533 g/mol. The van der Waals surface area contributed by atoms with Crippen LogP contribution in [-0.4, -0.2) is 30.1 Å². The molecule has 4 aromatic rings. The predicted octanol–water partition coefficient (Wildman–Crippen LogP) is 4.15. The zero-order valence-electron chi connectivity index (χ0n) is 16.7. The second kappa shape index (κ2) is 8.57. The smallest absolute Gasteiger partial charge is 0.282 e. The highest BCUT2D eigenvalue weighted by Gasteiger charge is 2.27. The molecule has 2 N–H and O–H groups in total. The van der Waals surface area contributed by atoms with Gasteiger partial charge < -0.3 is 9.55 Å². The van der Waals surface area contributed by atoms with Gasteiger partial charge >= 0.3 is 0 Å². The molecule has 0 aliphatic rings. The molecule has 0 atom stereocenters. The van der Waals surface area contributed by atoms with Gasteiger partial charge in [0.2, 0.25) is 10.0 Å². The van der Waals surface area contributed by atoms with E-state index in [0.717, 1.165) is 16.3 Å². The van der Waals surface area contributed by atoms with Crippen LogP contribution in [-0.2, 0) is 16.6 Å². The molecule has 0 unspecified atom stereocenters. The molecule has 7 nitrogen and oxygen atoms in total. The van der Waals surface area contributed by atoms with Crippen molar-refractivity contribution in [3.63, 3.8) is 0 Å². The molecule has 2 aromatic heterocycles. The van der Waals surface area contributed by atoms with Gasteiger partial charge in [-0.3, -0.25) is 9.59 Å². The number of aromatic nitrogens is 2. The van der Waals surface area contributed by atoms with E-state index < -0.39 is 21.5 Å². The molecule has 32 heavy (non-hydrogen) atoms. The zero-order chi connectivity index (χ0) is 23.0. The Morgan fingerprint density at radius 2 is 1.88 bits per heavy atom. The lowest BCUT2D eigenvalue weighted by Gasteiger charge is -2.12. The van der Waals surface area contributed by atoms with Gasteiger partial charge in [-0.15, -0.1) is 0 Å². The van der Waals surface area contributed by atoms with Gasteiger partial charge in [0, 0.05) is 44.3 Å². The summed E-state index contributed by atoms with van der Waals surface area (Å²) in [5.74, 6) is -0.838. The third-order valence-electron chi connectivity index (χ3n) is 4.86. The number of amides is 1. The lowest BCUT2D eigenvalue weighted by Crippen LogP contribution is -2.31. The van der Waals surface area contributed by atoms with Crippen molar-refractivity contribution in [3.8, 4) is 11.1 Å². The molecule has 0 fully saturated rings. The third kappa shape index (κ3) is 4.50. The Kier molecular flexibility index (Phi) is 5.98. The van der Waals surface area contributed by atoms with Crippen LogP contribution in [0.4, 0.5) is 0 Å². The summed E-state index contributed by atoms with van der Waals surface area (Å²) < 4.78 is 28.4. The number of hydrogen-bond donors (Lipinski definition) is 2. The maximum atomic E-state index is 13.2. The highest BCUT2D eigenvalue weighted by Crippen LogP contribution is 2.36. The second-order valence-electron chi connectivity index (χ2n) is 7.21. The number of fused-ring (bicyclic) bond motifs is 1. The molecular formula is C22H17BrClN3O4S. The van der Waals surface area contributed by atoms with E-state index in [-0.39, 0.29) is 17.8 Å². The Hall–Kier alpha value is -2.88. The minimum atomic E-state index is -3.85. The van der Waals surface area contributed by atoms with Gasteiger partial charge in [-0.05, 0) is 48.0 Å². The Bertz CT molecular complexity index is 1510. The topological polar surface area (TPSA) is 101 Å². The maximum absolute atomic E-state index is 13.2. The van der Waals surface area contributed by atoms with Gasteiger partial charge in [0.1, 0.15) is 5.69 Å². The van der Waals surface area contributed by atoms with Crippen molar-refractivity contribution < 1.29 is 13.2 Å². The van der Waals surface area contributed by atoms with Gasteiger partial charge in [-0.2, -0.15) is 0 Å². The maximum Gasteiger partial charge on any atom is 0.282 e. The Balaban J connectivity index is 2.07. The average molecular weight is 535 g/mol. The lowest BCUT2D eigenvalue weighted by atomic mass is 10.0. The zero-order valence-corrected chi connectivity index (χ0v) is 19.9. The Morgan fingerprint density at radius 3 is 2.53 bits per heavy atom. The minimum Gasteiger partial charge on any atom is -0.331 e. The molecule has 0 radical (unpaired) electrons. The third-order valence-corrected chi connectivity index (χ3v) is 6.18. The summed E-state index contributed by atoms with van der Waals surface area (Å²) in [5, 5.41) is 0.979. The summed E-state index contributed by atoms with van der Waals surface area (Å²) >= 11 is 9.65. The molecule has 0 spiro atoms. The van der Waals surface area contributed by atoms with Crippen LogP contribution in [0.1, 0.15) is 16.1 Å². The van der Waals surface area contributed by atoms with Crippen molar-refractivity contribution >= 4 is 54.4 Å². The number of nitrogens with zero attached hydrogens (tertiary/aromatic N) is 1. The first kappa shape index (κ1) is 22.3. The van der Waals surface area contributed by atoms with Crippen LogP contribution in [0.15, 0.2) is 70.1 Å². The van der Waals surface area contributed by atoms with Crippen LogP contribution < -0.4 is 10.3 Å². The van der Waals surface area contributed by atoms with Crippen molar-refractivity contribution in [2.45, 2.75) is 6.54 Å². The standard InChI is InChI=1S/C22H17BrClN3O4S/c1-32(30,31)26-22(29)20-19(16-3-2-10-25-21(16)28)17-11-15(24)8-9-18(17)27(20)12-13-4-6-14(23)7-5-13/h2-11H,12H2,1H3,(H,25,28)(H,26,29). The van der Waals surface area contributed by atoms with Gasteiger partial charge in [0.15, 0.2) is 0 Å². The summed E-state index contributed by atoms with van der Waals surface area (Å²) in [6, 6.07) is 15.8. The molecule has 0 bridgehead atoms. The summed E-state index contributed by atoms with van der Waals surface area (Å²) in [6.45, 7) is 0.267. The van der Waals surface area contributed by atoms with E-state index in [1.807, 2.05) is 29.0 Å². The number of H-pyrrole nitrogens is 1. The molecule has 0 saturated heterocycles. The average Bonchev–Trinajstić information content (AvgIpc) is 3.02. The molecule has 1 amide bonds. The quantitative estimate of drug-likeness (QED) is 0.402. The summed E-state index contributed by atoms with van der Waals surface area (Å²) in [7, 11) is -3.85. The van der Waals surface area contributed by atoms with E-state index in [1.54, 1.807) is 34.9 Å². The summed E-state index contributed by atoms with van der Waals surface area (Å²) in [4.78, 5) is 28.5. The van der Waals surface area contributed by atoms with Gasteiger partial charge in [0.05, 0.1) is 6.26 Å². The van der Waals surface area contributed by atoms with E-state index in [4.69, 9.17) is 11.6 Å². The van der Waals surface area contributed by atoms with Crippen molar-refractivity contribution in [1.82, 2.24) is 14.3 Å². The van der Waals surface area contributed by atoms with E-state index >= 15 is 0 Å². The Morgan fingerprint density at radius 1 is 1.16 bits per heavy atom. The van der Waals surface area contributed by atoms with Crippen LogP contribution >= 0.6 is 27.5 Å². The van der Waals surface area contributed by atoms with Gasteiger partial charge in [-0.25, -0.2) is 13.1 Å². The van der Waals surface area contributed by atoms with Crippen molar-refractivity contribution in [3.05, 3.63) is 91.9 Å². The number of hydrogen-bond acceptors (Lipinski definition) is 4. The fourth-order valence-electron chi connectivity index (χ4n) is 3.61. The number of rotatable bonds is 5. The van der Waals surface area contributed by atoms with Gasteiger partial charge in [0.25, 0.3) is 11.5 Å². The SMILES string of the molecule is CS(=O)(=O)NC(=O)c1c(-c2ccc[nH]c2=O)c2cc(Cl)ccc2n1Cc1ccc(Br)cc1. The van der Waals surface area contributed by atoms with Crippen molar-refractivity contribution in [1.29, 1.82) is 0 Å².